The molecule has 0 bridgehead atoms. The van der Waals surface area contributed by atoms with Gasteiger partial charge in [0.15, 0.2) is 0 Å². The molecule has 2 rings (SSSR count). The molecule has 0 radical (unpaired) electrons. The molecule has 1 aromatic heterocycles. The fourth-order valence-electron chi connectivity index (χ4n) is 1.67. The van der Waals surface area contributed by atoms with Gasteiger partial charge in [-0.15, -0.1) is 0 Å². The van der Waals surface area contributed by atoms with Gasteiger partial charge in [0.1, 0.15) is 5.75 Å². The lowest BCUT2D eigenvalue weighted by Crippen LogP contribution is -1.93. The van der Waals surface area contributed by atoms with Crippen molar-refractivity contribution in [2.24, 2.45) is 0 Å². The first-order valence-corrected chi connectivity index (χ1v) is 4.74. The molecule has 3 heteroatoms. The lowest BCUT2D eigenvalue weighted by atomic mass is 10.1. The minimum atomic E-state index is 0.643. The first kappa shape index (κ1) is 9.77. The maximum atomic E-state index is 5.30. The fraction of sp³-hybridized carbons (Fsp3) is 0.250. The molecule has 1 aromatic carbocycles. The monoisotopic (exact) mass is 203 g/mol. The maximum absolute atomic E-state index is 5.30. The number of ether oxygens (including phenoxy) is 2. The van der Waals surface area contributed by atoms with Gasteiger partial charge in [0, 0.05) is 16.5 Å². The molecule has 3 nitrogen and oxygen atoms in total. The average Bonchev–Trinajstić information content (AvgIpc) is 2.27. The van der Waals surface area contributed by atoms with Gasteiger partial charge >= 0.3 is 0 Å². The van der Waals surface area contributed by atoms with Crippen LogP contribution >= 0.6 is 0 Å². The molecule has 0 unspecified atom stereocenters. The number of methoxy groups -OCH3 is 2. The number of aromatic nitrogens is 1. The van der Waals surface area contributed by atoms with E-state index in [2.05, 4.69) is 4.98 Å². The van der Waals surface area contributed by atoms with E-state index >= 15 is 0 Å². The molecule has 0 aliphatic rings. The third kappa shape index (κ3) is 1.61. The largest absolute Gasteiger partial charge is 0.496 e. The summed E-state index contributed by atoms with van der Waals surface area (Å²) in [5.74, 6) is 1.49. The number of nitrogens with zero attached hydrogens (tertiary/aromatic N) is 1. The van der Waals surface area contributed by atoms with Crippen molar-refractivity contribution in [1.82, 2.24) is 4.98 Å². The van der Waals surface area contributed by atoms with Crippen molar-refractivity contribution in [3.05, 3.63) is 30.0 Å². The summed E-state index contributed by atoms with van der Waals surface area (Å²) >= 11 is 0. The highest BCUT2D eigenvalue weighted by Gasteiger charge is 2.07. The van der Waals surface area contributed by atoms with Gasteiger partial charge in [-0.1, -0.05) is 6.07 Å². The van der Waals surface area contributed by atoms with Gasteiger partial charge in [-0.3, -0.25) is 0 Å². The van der Waals surface area contributed by atoms with Crippen LogP contribution in [0.15, 0.2) is 24.3 Å². The second-order valence-electron chi connectivity index (χ2n) is 3.33. The number of hydrogen-bond donors (Lipinski definition) is 0. The number of aryl methyl sites for hydroxylation is 1. The molecule has 0 saturated heterocycles. The summed E-state index contributed by atoms with van der Waals surface area (Å²) < 4.78 is 10.5. The third-order valence-electron chi connectivity index (χ3n) is 2.34. The molecule has 2 aromatic rings. The van der Waals surface area contributed by atoms with Gasteiger partial charge in [0.25, 0.3) is 0 Å². The van der Waals surface area contributed by atoms with Crippen molar-refractivity contribution in [2.45, 2.75) is 6.92 Å². The Morgan fingerprint density at radius 1 is 1.07 bits per heavy atom. The van der Waals surface area contributed by atoms with Crippen LogP contribution in [0.3, 0.4) is 0 Å². The van der Waals surface area contributed by atoms with E-state index in [-0.39, 0.29) is 0 Å². The maximum Gasteiger partial charge on any atom is 0.221 e. The first-order valence-electron chi connectivity index (χ1n) is 4.74. The van der Waals surface area contributed by atoms with Crippen molar-refractivity contribution in [2.75, 3.05) is 14.2 Å². The van der Waals surface area contributed by atoms with Gasteiger partial charge < -0.3 is 9.47 Å². The van der Waals surface area contributed by atoms with Gasteiger partial charge in [-0.25, -0.2) is 4.98 Å². The molecule has 0 fully saturated rings. The molecule has 0 saturated carbocycles. The second kappa shape index (κ2) is 3.77. The van der Waals surface area contributed by atoms with Crippen molar-refractivity contribution >= 4 is 10.8 Å². The van der Waals surface area contributed by atoms with E-state index in [1.54, 1.807) is 14.2 Å². The van der Waals surface area contributed by atoms with Crippen LogP contribution in [0.2, 0.25) is 0 Å². The van der Waals surface area contributed by atoms with E-state index in [9.17, 15) is 0 Å². The third-order valence-corrected chi connectivity index (χ3v) is 2.34. The highest BCUT2D eigenvalue weighted by molar-refractivity contribution is 5.92. The van der Waals surface area contributed by atoms with Crippen LogP contribution in [0.25, 0.3) is 10.8 Å². The van der Waals surface area contributed by atoms with Crippen LogP contribution in [-0.2, 0) is 0 Å². The van der Waals surface area contributed by atoms with Crippen LogP contribution in [0, 0.1) is 6.92 Å². The van der Waals surface area contributed by atoms with E-state index < -0.39 is 0 Å². The SMILES string of the molecule is COc1cccc2c(OC)nc(C)cc12. The van der Waals surface area contributed by atoms with Crippen LogP contribution in [0.1, 0.15) is 5.69 Å². The molecule has 0 N–H and O–H groups in total. The van der Waals surface area contributed by atoms with Crippen LogP contribution in [0.5, 0.6) is 11.6 Å². The first-order chi connectivity index (χ1) is 7.26. The predicted octanol–water partition coefficient (Wildman–Crippen LogP) is 2.56. The van der Waals surface area contributed by atoms with Crippen molar-refractivity contribution in [3.8, 4) is 11.6 Å². The average molecular weight is 203 g/mol. The number of rotatable bonds is 2. The van der Waals surface area contributed by atoms with Crippen molar-refractivity contribution < 1.29 is 9.47 Å². The Labute approximate surface area is 88.7 Å². The van der Waals surface area contributed by atoms with E-state index in [0.29, 0.717) is 5.88 Å². The minimum absolute atomic E-state index is 0.643. The zero-order valence-electron chi connectivity index (χ0n) is 9.07. The molecular formula is C12H13NO2. The Bertz CT molecular complexity index is 494. The van der Waals surface area contributed by atoms with Crippen molar-refractivity contribution in [1.29, 1.82) is 0 Å². The standard InChI is InChI=1S/C12H13NO2/c1-8-7-10-9(12(13-8)15-3)5-4-6-11(10)14-2/h4-7H,1-3H3. The minimum Gasteiger partial charge on any atom is -0.496 e. The summed E-state index contributed by atoms with van der Waals surface area (Å²) in [6.45, 7) is 1.94. The fourth-order valence-corrected chi connectivity index (χ4v) is 1.67. The number of pyridine rings is 1. The van der Waals surface area contributed by atoms with Gasteiger partial charge in [0.2, 0.25) is 5.88 Å². The Morgan fingerprint density at radius 3 is 2.53 bits per heavy atom. The van der Waals surface area contributed by atoms with Gasteiger partial charge in [-0.05, 0) is 25.1 Å². The van der Waals surface area contributed by atoms with E-state index in [4.69, 9.17) is 9.47 Å². The summed E-state index contributed by atoms with van der Waals surface area (Å²) in [6.07, 6.45) is 0. The summed E-state index contributed by atoms with van der Waals surface area (Å²) in [5, 5.41) is 2.01. The number of benzene rings is 1. The highest BCUT2D eigenvalue weighted by atomic mass is 16.5. The number of fused-ring (bicyclic) bond motifs is 1. The molecular weight excluding hydrogens is 190 g/mol. The number of hydrogen-bond acceptors (Lipinski definition) is 3. The molecule has 78 valence electrons. The topological polar surface area (TPSA) is 31.4 Å². The van der Waals surface area contributed by atoms with E-state index in [1.807, 2.05) is 31.2 Å². The summed E-state index contributed by atoms with van der Waals surface area (Å²) in [6, 6.07) is 7.84. The molecule has 15 heavy (non-hydrogen) atoms. The Balaban J connectivity index is 2.82. The molecule has 0 aliphatic heterocycles. The molecule has 0 atom stereocenters. The van der Waals surface area contributed by atoms with E-state index in [0.717, 1.165) is 22.2 Å². The Kier molecular flexibility index (Phi) is 2.46. The lowest BCUT2D eigenvalue weighted by Gasteiger charge is -2.09. The smallest absolute Gasteiger partial charge is 0.221 e. The molecule has 0 spiro atoms. The molecule has 0 amide bonds. The van der Waals surface area contributed by atoms with E-state index in [1.165, 1.54) is 0 Å². The molecule has 1 heterocycles. The van der Waals surface area contributed by atoms with Gasteiger partial charge in [0.05, 0.1) is 14.2 Å². The quantitative estimate of drug-likeness (QED) is 0.751. The van der Waals surface area contributed by atoms with Gasteiger partial charge in [-0.2, -0.15) is 0 Å². The zero-order valence-corrected chi connectivity index (χ0v) is 9.07. The van der Waals surface area contributed by atoms with Crippen LogP contribution in [-0.4, -0.2) is 19.2 Å². The highest BCUT2D eigenvalue weighted by Crippen LogP contribution is 2.31. The zero-order chi connectivity index (χ0) is 10.8. The normalized spacial score (nSPS) is 10.3. The summed E-state index contributed by atoms with van der Waals surface area (Å²) in [4.78, 5) is 4.32. The predicted molar refractivity (Wildman–Crippen MR) is 59.6 cm³/mol. The van der Waals surface area contributed by atoms with Crippen LogP contribution in [0.4, 0.5) is 0 Å². The second-order valence-corrected chi connectivity index (χ2v) is 3.33. The molecule has 0 aliphatic carbocycles. The summed E-state index contributed by atoms with van der Waals surface area (Å²) in [7, 11) is 3.29. The Morgan fingerprint density at radius 2 is 1.87 bits per heavy atom. The van der Waals surface area contributed by atoms with Crippen molar-refractivity contribution in [3.63, 3.8) is 0 Å². The van der Waals surface area contributed by atoms with Crippen LogP contribution < -0.4 is 9.47 Å². The summed E-state index contributed by atoms with van der Waals surface area (Å²) in [5.41, 5.74) is 0.920. The Hall–Kier alpha value is -1.77. The lowest BCUT2D eigenvalue weighted by molar-refractivity contribution is 0.401.